The van der Waals surface area contributed by atoms with E-state index in [1.807, 2.05) is 6.92 Å². The van der Waals surface area contributed by atoms with Crippen LogP contribution in [-0.4, -0.2) is 32.7 Å². The highest BCUT2D eigenvalue weighted by atomic mass is 16.6. The summed E-state index contributed by atoms with van der Waals surface area (Å²) in [4.78, 5) is 25.6. The van der Waals surface area contributed by atoms with Gasteiger partial charge in [-0.1, -0.05) is 13.8 Å². The first-order valence-corrected chi connectivity index (χ1v) is 9.18. The van der Waals surface area contributed by atoms with E-state index in [1.165, 1.54) is 0 Å². The molecule has 1 aliphatic heterocycles. The first-order valence-electron chi connectivity index (χ1n) is 9.18. The summed E-state index contributed by atoms with van der Waals surface area (Å²) in [6.07, 6.45) is 2.29. The minimum atomic E-state index is -0.860. The number of aromatic hydroxyl groups is 3. The smallest absolute Gasteiger partial charge is 0.312 e. The normalized spacial score (nSPS) is 32.8. The first kappa shape index (κ1) is 17.2. The molecule has 6 heteroatoms. The van der Waals surface area contributed by atoms with Crippen LogP contribution in [0.15, 0.2) is 0 Å². The highest BCUT2D eigenvalue weighted by molar-refractivity contribution is 6.03. The highest BCUT2D eigenvalue weighted by Gasteiger charge is 2.65. The fraction of sp³-hybridized carbons (Fsp3) is 0.600. The molecule has 3 N–H and O–H groups in total. The van der Waals surface area contributed by atoms with Crippen LogP contribution in [0.3, 0.4) is 0 Å². The zero-order valence-electron chi connectivity index (χ0n) is 15.3. The second-order valence-corrected chi connectivity index (χ2v) is 8.55. The van der Waals surface area contributed by atoms with Crippen LogP contribution in [0.5, 0.6) is 17.2 Å². The van der Waals surface area contributed by atoms with E-state index < -0.39 is 16.8 Å². The Bertz CT molecular complexity index is 841. The summed E-state index contributed by atoms with van der Waals surface area (Å²) in [5, 5.41) is 31.8. The number of carbonyl (C=O) groups is 2. The molecule has 0 amide bonds. The van der Waals surface area contributed by atoms with Crippen molar-refractivity contribution in [3.63, 3.8) is 0 Å². The molecular formula is C20H24O6. The lowest BCUT2D eigenvalue weighted by atomic mass is 9.61. The van der Waals surface area contributed by atoms with Crippen LogP contribution < -0.4 is 0 Å². The quantitative estimate of drug-likeness (QED) is 0.404. The van der Waals surface area contributed by atoms with Crippen LogP contribution in [-0.2, 0) is 16.0 Å². The number of phenolic OH excluding ortho intramolecular Hbond substituents is 3. The lowest BCUT2D eigenvalue weighted by Crippen LogP contribution is -2.45. The number of phenols is 3. The Morgan fingerprint density at radius 2 is 1.77 bits per heavy atom. The number of hydrogen-bond acceptors (Lipinski definition) is 6. The summed E-state index contributed by atoms with van der Waals surface area (Å²) in [7, 11) is 0. The molecule has 2 bridgehead atoms. The molecule has 3 atom stereocenters. The lowest BCUT2D eigenvalue weighted by molar-refractivity contribution is -0.152. The maximum atomic E-state index is 13.1. The standard InChI is InChI=1S/C20H24O6/c1-9(2)13-16(23)14-10(15(22)17(13)24)8-20-6-4-5-19(3,18(25)26-20)12(20)7-11(14)21/h9,12,22-24H,4-8H2,1-3H3. The minimum Gasteiger partial charge on any atom is -0.507 e. The van der Waals surface area contributed by atoms with Crippen molar-refractivity contribution in [3.8, 4) is 17.2 Å². The fourth-order valence-corrected chi connectivity index (χ4v) is 5.40. The Hall–Kier alpha value is -2.24. The SMILES string of the molecule is CC(C)c1c(O)c(O)c2c(c1O)C(=O)CC1C3(CCCC1(C)C(=O)O3)C2. The molecule has 1 aromatic rings. The molecule has 3 unspecified atom stereocenters. The van der Waals surface area contributed by atoms with Gasteiger partial charge in [0.2, 0.25) is 0 Å². The molecule has 1 saturated heterocycles. The monoisotopic (exact) mass is 360 g/mol. The van der Waals surface area contributed by atoms with Crippen molar-refractivity contribution in [2.45, 2.75) is 64.4 Å². The van der Waals surface area contributed by atoms with Gasteiger partial charge >= 0.3 is 5.97 Å². The van der Waals surface area contributed by atoms with Crippen molar-refractivity contribution in [1.82, 2.24) is 0 Å². The zero-order valence-corrected chi connectivity index (χ0v) is 15.3. The molecule has 2 fully saturated rings. The third-order valence-electron chi connectivity index (χ3n) is 6.74. The second-order valence-electron chi connectivity index (χ2n) is 8.55. The molecule has 0 spiro atoms. The van der Waals surface area contributed by atoms with Gasteiger partial charge in [-0.25, -0.2) is 0 Å². The van der Waals surface area contributed by atoms with E-state index in [9.17, 15) is 24.9 Å². The summed E-state index contributed by atoms with van der Waals surface area (Å²) >= 11 is 0. The van der Waals surface area contributed by atoms with Gasteiger partial charge in [0.05, 0.1) is 11.0 Å². The first-order chi connectivity index (χ1) is 12.1. The maximum absolute atomic E-state index is 13.1. The van der Waals surface area contributed by atoms with Gasteiger partial charge in [-0.15, -0.1) is 0 Å². The Morgan fingerprint density at radius 1 is 1.08 bits per heavy atom. The number of Topliss-reactive ketones (excluding diaryl/α,β-unsaturated/α-hetero) is 1. The second kappa shape index (κ2) is 5.15. The highest BCUT2D eigenvalue weighted by Crippen LogP contribution is 2.61. The number of benzene rings is 1. The van der Waals surface area contributed by atoms with Gasteiger partial charge < -0.3 is 20.1 Å². The fourth-order valence-electron chi connectivity index (χ4n) is 5.40. The number of rotatable bonds is 1. The molecule has 2 aliphatic carbocycles. The van der Waals surface area contributed by atoms with E-state index in [2.05, 4.69) is 0 Å². The number of ether oxygens (including phenoxy) is 1. The summed E-state index contributed by atoms with van der Waals surface area (Å²) in [6, 6.07) is 0. The van der Waals surface area contributed by atoms with E-state index in [0.29, 0.717) is 12.8 Å². The zero-order chi connectivity index (χ0) is 19.0. The van der Waals surface area contributed by atoms with E-state index >= 15 is 0 Å². The molecule has 1 aromatic carbocycles. The average Bonchev–Trinajstić information content (AvgIpc) is 2.67. The molecule has 3 aliphatic rings. The van der Waals surface area contributed by atoms with E-state index in [0.717, 1.165) is 6.42 Å². The summed E-state index contributed by atoms with van der Waals surface area (Å²) in [5.74, 6) is -2.22. The third kappa shape index (κ3) is 1.93. The van der Waals surface area contributed by atoms with Crippen molar-refractivity contribution in [2.75, 3.05) is 0 Å². The molecule has 140 valence electrons. The Morgan fingerprint density at radius 3 is 2.42 bits per heavy atom. The van der Waals surface area contributed by atoms with Crippen LogP contribution in [0, 0.1) is 11.3 Å². The average molecular weight is 360 g/mol. The summed E-state index contributed by atoms with van der Waals surface area (Å²) in [6.45, 7) is 5.39. The van der Waals surface area contributed by atoms with Crippen molar-refractivity contribution >= 4 is 11.8 Å². The molecule has 6 nitrogen and oxygen atoms in total. The van der Waals surface area contributed by atoms with Gasteiger partial charge in [0.25, 0.3) is 0 Å². The molecule has 4 rings (SSSR count). The molecule has 1 saturated carbocycles. The van der Waals surface area contributed by atoms with Crippen molar-refractivity contribution in [1.29, 1.82) is 0 Å². The van der Waals surface area contributed by atoms with E-state index in [-0.39, 0.29) is 64.6 Å². The minimum absolute atomic E-state index is 0.0677. The lowest BCUT2D eigenvalue weighted by Gasteiger charge is -2.40. The Kier molecular flexibility index (Phi) is 3.40. The van der Waals surface area contributed by atoms with Gasteiger partial charge in [0.15, 0.2) is 17.3 Å². The Balaban J connectivity index is 1.96. The molecule has 0 aromatic heterocycles. The van der Waals surface area contributed by atoms with Gasteiger partial charge in [-0.3, -0.25) is 9.59 Å². The molecule has 0 radical (unpaired) electrons. The number of fused-ring (bicyclic) bond motifs is 1. The maximum Gasteiger partial charge on any atom is 0.312 e. The van der Waals surface area contributed by atoms with Crippen molar-refractivity contribution in [3.05, 3.63) is 16.7 Å². The summed E-state index contributed by atoms with van der Waals surface area (Å²) < 4.78 is 5.81. The predicted molar refractivity (Wildman–Crippen MR) is 92.4 cm³/mol. The molecule has 1 heterocycles. The van der Waals surface area contributed by atoms with Crippen LogP contribution >= 0.6 is 0 Å². The number of carbonyl (C=O) groups excluding carboxylic acids is 2. The molecular weight excluding hydrogens is 336 g/mol. The van der Waals surface area contributed by atoms with Crippen LogP contribution in [0.1, 0.15) is 73.9 Å². The number of ketones is 1. The van der Waals surface area contributed by atoms with E-state index in [4.69, 9.17) is 4.74 Å². The summed E-state index contributed by atoms with van der Waals surface area (Å²) in [5.41, 5.74) is -1.15. The third-order valence-corrected chi connectivity index (χ3v) is 6.74. The van der Waals surface area contributed by atoms with Crippen molar-refractivity contribution in [2.24, 2.45) is 11.3 Å². The topological polar surface area (TPSA) is 104 Å². The van der Waals surface area contributed by atoms with Gasteiger partial charge in [0, 0.05) is 29.9 Å². The molecule has 26 heavy (non-hydrogen) atoms. The number of hydrogen-bond donors (Lipinski definition) is 3. The van der Waals surface area contributed by atoms with Crippen LogP contribution in [0.25, 0.3) is 0 Å². The van der Waals surface area contributed by atoms with E-state index in [1.54, 1.807) is 13.8 Å². The number of esters is 1. The van der Waals surface area contributed by atoms with Gasteiger partial charge in [0.1, 0.15) is 11.4 Å². The van der Waals surface area contributed by atoms with Crippen LogP contribution in [0.4, 0.5) is 0 Å². The Labute approximate surface area is 151 Å². The van der Waals surface area contributed by atoms with Gasteiger partial charge in [-0.05, 0) is 32.1 Å². The largest absolute Gasteiger partial charge is 0.507 e. The van der Waals surface area contributed by atoms with Crippen LogP contribution in [0.2, 0.25) is 0 Å². The van der Waals surface area contributed by atoms with Crippen molar-refractivity contribution < 1.29 is 29.6 Å². The predicted octanol–water partition coefficient (Wildman–Crippen LogP) is 3.16. The van der Waals surface area contributed by atoms with Gasteiger partial charge in [-0.2, -0.15) is 0 Å².